The number of nitrogens with zero attached hydrogens (tertiary/aromatic N) is 4. The van der Waals surface area contributed by atoms with Crippen LogP contribution in [0.3, 0.4) is 0 Å². The molecule has 2 N–H and O–H groups in total. The van der Waals surface area contributed by atoms with Crippen molar-refractivity contribution < 1.29 is 14.5 Å². The lowest BCUT2D eigenvalue weighted by atomic mass is 10.1. The van der Waals surface area contributed by atoms with E-state index in [2.05, 4.69) is 25.8 Å². The highest BCUT2D eigenvalue weighted by Crippen LogP contribution is 2.27. The molecular formula is C17H16N6O4S. The number of nitro groups is 1. The van der Waals surface area contributed by atoms with E-state index >= 15 is 0 Å². The summed E-state index contributed by atoms with van der Waals surface area (Å²) in [6.45, 7) is 0.805. The molecule has 0 aliphatic rings. The van der Waals surface area contributed by atoms with Crippen molar-refractivity contribution in [3.8, 4) is 10.7 Å². The quantitative estimate of drug-likeness (QED) is 0.335. The zero-order valence-electron chi connectivity index (χ0n) is 14.8. The van der Waals surface area contributed by atoms with Gasteiger partial charge in [-0.1, -0.05) is 17.4 Å². The topological polar surface area (TPSA) is 132 Å². The fraction of sp³-hybridized carbons (Fsp3) is 0.176. The van der Waals surface area contributed by atoms with Gasteiger partial charge in [0.25, 0.3) is 11.6 Å². The van der Waals surface area contributed by atoms with Crippen molar-refractivity contribution in [3.05, 3.63) is 58.3 Å². The number of methoxy groups -OCH3 is 1. The van der Waals surface area contributed by atoms with Gasteiger partial charge in [0.15, 0.2) is 5.01 Å². The van der Waals surface area contributed by atoms with Gasteiger partial charge in [0.2, 0.25) is 5.13 Å². The van der Waals surface area contributed by atoms with Crippen LogP contribution in [0.15, 0.2) is 42.6 Å². The highest BCUT2D eigenvalue weighted by Gasteiger charge is 2.18. The first-order chi connectivity index (χ1) is 13.6. The normalized spacial score (nSPS) is 10.5. The fourth-order valence-corrected chi connectivity index (χ4v) is 3.01. The Morgan fingerprint density at radius 3 is 2.86 bits per heavy atom. The van der Waals surface area contributed by atoms with Crippen LogP contribution in [0.25, 0.3) is 10.7 Å². The third kappa shape index (κ3) is 4.64. The summed E-state index contributed by atoms with van der Waals surface area (Å²) in [7, 11) is 1.54. The highest BCUT2D eigenvalue weighted by atomic mass is 32.1. The molecular weight excluding hydrogens is 384 g/mol. The number of nitro benzene ring substituents is 1. The molecule has 3 rings (SSSR count). The Hall–Kier alpha value is -3.44. The summed E-state index contributed by atoms with van der Waals surface area (Å²) < 4.78 is 4.91. The van der Waals surface area contributed by atoms with Gasteiger partial charge in [-0.15, -0.1) is 10.2 Å². The van der Waals surface area contributed by atoms with E-state index in [0.29, 0.717) is 29.5 Å². The summed E-state index contributed by atoms with van der Waals surface area (Å²) >= 11 is 1.16. The lowest BCUT2D eigenvalue weighted by molar-refractivity contribution is -0.384. The molecule has 0 aliphatic carbocycles. The Labute approximate surface area is 163 Å². The standard InChI is InChI=1S/C17H16N6O4S/c1-27-9-8-19-12-6-5-11(10-14(12)23(25)26)15(24)20-17-22-21-16(28-17)13-4-2-3-7-18-13/h2-7,10,19H,8-9H2,1H3,(H,20,22,24). The van der Waals surface area contributed by atoms with Gasteiger partial charge in [-0.25, -0.2) is 0 Å². The predicted octanol–water partition coefficient (Wildman–Crippen LogP) is 2.82. The van der Waals surface area contributed by atoms with Crippen LogP contribution in [0.1, 0.15) is 10.4 Å². The minimum Gasteiger partial charge on any atom is -0.383 e. The average Bonchev–Trinajstić information content (AvgIpc) is 3.17. The summed E-state index contributed by atoms with van der Waals surface area (Å²) in [6, 6.07) is 9.59. The van der Waals surface area contributed by atoms with Gasteiger partial charge in [-0.3, -0.25) is 25.2 Å². The van der Waals surface area contributed by atoms with Gasteiger partial charge in [-0.05, 0) is 24.3 Å². The van der Waals surface area contributed by atoms with Crippen molar-refractivity contribution in [2.24, 2.45) is 0 Å². The SMILES string of the molecule is COCCNc1ccc(C(=O)Nc2nnc(-c3ccccn3)s2)cc1[N+](=O)[O-]. The number of hydrogen-bond acceptors (Lipinski definition) is 9. The molecule has 2 aromatic heterocycles. The van der Waals surface area contributed by atoms with Crippen LogP contribution in [-0.2, 0) is 4.74 Å². The van der Waals surface area contributed by atoms with E-state index in [-0.39, 0.29) is 16.4 Å². The molecule has 1 aromatic carbocycles. The Balaban J connectivity index is 1.74. The molecule has 1 amide bonds. The number of aromatic nitrogens is 3. The summed E-state index contributed by atoms with van der Waals surface area (Å²) in [5.74, 6) is -0.518. The first-order valence-electron chi connectivity index (χ1n) is 8.16. The van der Waals surface area contributed by atoms with Crippen molar-refractivity contribution in [2.45, 2.75) is 0 Å². The van der Waals surface area contributed by atoms with Crippen molar-refractivity contribution in [3.63, 3.8) is 0 Å². The summed E-state index contributed by atoms with van der Waals surface area (Å²) in [5, 5.41) is 25.6. The summed E-state index contributed by atoms with van der Waals surface area (Å²) in [4.78, 5) is 27.4. The van der Waals surface area contributed by atoms with Crippen molar-refractivity contribution >= 4 is 33.8 Å². The van der Waals surface area contributed by atoms with Crippen LogP contribution in [-0.4, -0.2) is 46.3 Å². The molecule has 3 aromatic rings. The van der Waals surface area contributed by atoms with Gasteiger partial charge < -0.3 is 10.1 Å². The van der Waals surface area contributed by atoms with Crippen LogP contribution in [0.5, 0.6) is 0 Å². The molecule has 0 bridgehead atoms. The zero-order chi connectivity index (χ0) is 19.9. The molecule has 0 aliphatic heterocycles. The van der Waals surface area contributed by atoms with Gasteiger partial charge in [-0.2, -0.15) is 0 Å². The zero-order valence-corrected chi connectivity index (χ0v) is 15.6. The highest BCUT2D eigenvalue weighted by molar-refractivity contribution is 7.18. The molecule has 0 spiro atoms. The van der Waals surface area contributed by atoms with Crippen LogP contribution >= 0.6 is 11.3 Å². The maximum absolute atomic E-state index is 12.5. The van der Waals surface area contributed by atoms with Gasteiger partial charge in [0, 0.05) is 31.5 Å². The number of nitrogens with one attached hydrogen (secondary N) is 2. The molecule has 0 saturated heterocycles. The third-order valence-corrected chi connectivity index (χ3v) is 4.47. The Bertz CT molecular complexity index is 979. The Morgan fingerprint density at radius 2 is 2.14 bits per heavy atom. The first-order valence-corrected chi connectivity index (χ1v) is 8.97. The third-order valence-electron chi connectivity index (χ3n) is 3.61. The minimum atomic E-state index is -0.546. The number of anilines is 2. The lowest BCUT2D eigenvalue weighted by Gasteiger charge is -2.08. The Morgan fingerprint density at radius 1 is 1.29 bits per heavy atom. The molecule has 144 valence electrons. The monoisotopic (exact) mass is 400 g/mol. The molecule has 0 saturated carbocycles. The minimum absolute atomic E-state index is 0.138. The molecule has 28 heavy (non-hydrogen) atoms. The number of hydrogen-bond donors (Lipinski definition) is 2. The number of ether oxygens (including phenoxy) is 1. The average molecular weight is 400 g/mol. The fourth-order valence-electron chi connectivity index (χ4n) is 2.30. The molecule has 0 radical (unpaired) electrons. The molecule has 2 heterocycles. The molecule has 0 atom stereocenters. The number of carbonyl (C=O) groups is 1. The Kier molecular flexibility index (Phi) is 6.19. The van der Waals surface area contributed by atoms with Crippen molar-refractivity contribution in [1.82, 2.24) is 15.2 Å². The number of pyridine rings is 1. The second kappa shape index (κ2) is 8.97. The predicted molar refractivity (Wildman–Crippen MR) is 105 cm³/mol. The number of rotatable bonds is 8. The lowest BCUT2D eigenvalue weighted by Crippen LogP contribution is -2.13. The largest absolute Gasteiger partial charge is 0.383 e. The van der Waals surface area contributed by atoms with Gasteiger partial charge in [0.05, 0.1) is 11.5 Å². The number of amides is 1. The second-order valence-electron chi connectivity index (χ2n) is 5.49. The van der Waals surface area contributed by atoms with Gasteiger partial charge >= 0.3 is 0 Å². The van der Waals surface area contributed by atoms with Crippen molar-refractivity contribution in [2.75, 3.05) is 30.9 Å². The van der Waals surface area contributed by atoms with E-state index in [1.807, 2.05) is 6.07 Å². The van der Waals surface area contributed by atoms with E-state index in [4.69, 9.17) is 4.74 Å². The first kappa shape index (κ1) is 19.3. The van der Waals surface area contributed by atoms with E-state index in [9.17, 15) is 14.9 Å². The van der Waals surface area contributed by atoms with Crippen LogP contribution in [0, 0.1) is 10.1 Å². The van der Waals surface area contributed by atoms with E-state index in [1.54, 1.807) is 18.3 Å². The molecule has 11 heteroatoms. The van der Waals surface area contributed by atoms with E-state index < -0.39 is 10.8 Å². The summed E-state index contributed by atoms with van der Waals surface area (Å²) in [6.07, 6.45) is 1.64. The smallest absolute Gasteiger partial charge is 0.293 e. The van der Waals surface area contributed by atoms with E-state index in [1.165, 1.54) is 25.3 Å². The van der Waals surface area contributed by atoms with Crippen LogP contribution in [0.2, 0.25) is 0 Å². The van der Waals surface area contributed by atoms with Crippen LogP contribution < -0.4 is 10.6 Å². The molecule has 0 fully saturated rings. The second-order valence-corrected chi connectivity index (χ2v) is 6.47. The number of carbonyl (C=O) groups excluding carboxylic acids is 1. The number of benzene rings is 1. The van der Waals surface area contributed by atoms with Crippen LogP contribution in [0.4, 0.5) is 16.5 Å². The maximum Gasteiger partial charge on any atom is 0.293 e. The molecule has 10 nitrogen and oxygen atoms in total. The van der Waals surface area contributed by atoms with Crippen molar-refractivity contribution in [1.29, 1.82) is 0 Å². The molecule has 0 unspecified atom stereocenters. The van der Waals surface area contributed by atoms with Gasteiger partial charge in [0.1, 0.15) is 11.4 Å². The summed E-state index contributed by atoms with van der Waals surface area (Å²) in [5.41, 5.74) is 0.892. The van der Waals surface area contributed by atoms with E-state index in [0.717, 1.165) is 11.3 Å². The maximum atomic E-state index is 12.5.